The van der Waals surface area contributed by atoms with Gasteiger partial charge >= 0.3 is 0 Å². The minimum atomic E-state index is 0.651. The molecule has 2 nitrogen and oxygen atoms in total. The molecule has 2 aliphatic rings. The molecule has 1 aromatic carbocycles. The first-order valence-corrected chi connectivity index (χ1v) is 7.30. The predicted molar refractivity (Wildman–Crippen MR) is 75.1 cm³/mol. The standard InChI is InChI=1S/C16H24N2/c17-10-14-5-4-6-15(9-14)11-18-12-16(13-18)7-2-1-3-8-16/h4-6,9H,1-3,7-8,10-13,17H2. The van der Waals surface area contributed by atoms with Gasteiger partial charge in [-0.2, -0.15) is 0 Å². The fourth-order valence-electron chi connectivity index (χ4n) is 3.75. The fraction of sp³-hybridized carbons (Fsp3) is 0.625. The Morgan fingerprint density at radius 1 is 1.06 bits per heavy atom. The Labute approximate surface area is 110 Å². The second-order valence-electron chi connectivity index (χ2n) is 6.23. The number of likely N-dealkylation sites (tertiary alicyclic amines) is 1. The summed E-state index contributed by atoms with van der Waals surface area (Å²) in [5, 5.41) is 0. The summed E-state index contributed by atoms with van der Waals surface area (Å²) in [5.41, 5.74) is 9.06. The Morgan fingerprint density at radius 2 is 1.78 bits per heavy atom. The highest BCUT2D eigenvalue weighted by Gasteiger charge is 2.42. The SMILES string of the molecule is NCc1cccc(CN2CC3(CCCCC3)C2)c1. The summed E-state index contributed by atoms with van der Waals surface area (Å²) in [5.74, 6) is 0. The molecular weight excluding hydrogens is 220 g/mol. The maximum absolute atomic E-state index is 5.69. The van der Waals surface area contributed by atoms with Crippen molar-refractivity contribution in [3.8, 4) is 0 Å². The maximum atomic E-state index is 5.69. The van der Waals surface area contributed by atoms with Crippen molar-refractivity contribution in [1.29, 1.82) is 0 Å². The third kappa shape index (κ3) is 2.45. The Morgan fingerprint density at radius 3 is 2.50 bits per heavy atom. The van der Waals surface area contributed by atoms with E-state index < -0.39 is 0 Å². The second-order valence-corrected chi connectivity index (χ2v) is 6.23. The number of nitrogens with two attached hydrogens (primary N) is 1. The van der Waals surface area contributed by atoms with Crippen LogP contribution in [0.1, 0.15) is 43.2 Å². The lowest BCUT2D eigenvalue weighted by molar-refractivity contribution is -0.0332. The van der Waals surface area contributed by atoms with Gasteiger partial charge in [0.2, 0.25) is 0 Å². The van der Waals surface area contributed by atoms with Gasteiger partial charge in [0.25, 0.3) is 0 Å². The molecule has 1 aliphatic carbocycles. The minimum Gasteiger partial charge on any atom is -0.326 e. The van der Waals surface area contributed by atoms with Crippen LogP contribution in [0.25, 0.3) is 0 Å². The Bertz CT molecular complexity index is 399. The highest BCUT2D eigenvalue weighted by Crippen LogP contribution is 2.44. The van der Waals surface area contributed by atoms with Crippen molar-refractivity contribution in [2.75, 3.05) is 13.1 Å². The highest BCUT2D eigenvalue weighted by molar-refractivity contribution is 5.23. The van der Waals surface area contributed by atoms with Crippen molar-refractivity contribution in [3.05, 3.63) is 35.4 Å². The largest absolute Gasteiger partial charge is 0.326 e. The van der Waals surface area contributed by atoms with Crippen molar-refractivity contribution >= 4 is 0 Å². The average molecular weight is 244 g/mol. The van der Waals surface area contributed by atoms with E-state index in [-0.39, 0.29) is 0 Å². The monoisotopic (exact) mass is 244 g/mol. The molecule has 2 heteroatoms. The minimum absolute atomic E-state index is 0.651. The number of hydrogen-bond acceptors (Lipinski definition) is 2. The molecule has 2 fully saturated rings. The molecule has 1 spiro atoms. The second kappa shape index (κ2) is 5.02. The van der Waals surface area contributed by atoms with Crippen molar-refractivity contribution in [3.63, 3.8) is 0 Å². The van der Waals surface area contributed by atoms with E-state index in [9.17, 15) is 0 Å². The van der Waals surface area contributed by atoms with Crippen LogP contribution in [0, 0.1) is 5.41 Å². The van der Waals surface area contributed by atoms with Crippen molar-refractivity contribution in [2.24, 2.45) is 11.1 Å². The molecule has 0 atom stereocenters. The van der Waals surface area contributed by atoms with Crippen LogP contribution in [0.5, 0.6) is 0 Å². The van der Waals surface area contributed by atoms with Gasteiger partial charge in [-0.3, -0.25) is 4.90 Å². The van der Waals surface area contributed by atoms with Gasteiger partial charge in [-0.1, -0.05) is 43.5 Å². The van der Waals surface area contributed by atoms with Crippen LogP contribution < -0.4 is 5.73 Å². The van der Waals surface area contributed by atoms with Gasteiger partial charge in [-0.15, -0.1) is 0 Å². The number of benzene rings is 1. The topological polar surface area (TPSA) is 29.3 Å². The summed E-state index contributed by atoms with van der Waals surface area (Å²) in [6.07, 6.45) is 7.30. The molecule has 1 heterocycles. The van der Waals surface area contributed by atoms with E-state index in [2.05, 4.69) is 29.2 Å². The molecule has 0 unspecified atom stereocenters. The van der Waals surface area contributed by atoms with Crippen LogP contribution in [-0.2, 0) is 13.1 Å². The molecule has 3 rings (SSSR count). The Balaban J connectivity index is 1.55. The van der Waals surface area contributed by atoms with Crippen LogP contribution in [-0.4, -0.2) is 18.0 Å². The molecule has 1 saturated heterocycles. The Kier molecular flexibility index (Phi) is 3.40. The fourth-order valence-corrected chi connectivity index (χ4v) is 3.75. The lowest BCUT2D eigenvalue weighted by atomic mass is 9.68. The van der Waals surface area contributed by atoms with Gasteiger partial charge in [0.15, 0.2) is 0 Å². The number of nitrogens with zero attached hydrogens (tertiary/aromatic N) is 1. The molecule has 0 radical (unpaired) electrons. The van der Waals surface area contributed by atoms with Crippen LogP contribution in [0.15, 0.2) is 24.3 Å². The molecule has 1 aliphatic heterocycles. The third-order valence-corrected chi connectivity index (χ3v) is 4.67. The van der Waals surface area contributed by atoms with Crippen LogP contribution >= 0.6 is 0 Å². The zero-order valence-corrected chi connectivity index (χ0v) is 11.2. The van der Waals surface area contributed by atoms with E-state index in [4.69, 9.17) is 5.73 Å². The van der Waals surface area contributed by atoms with Crippen molar-refractivity contribution in [2.45, 2.75) is 45.2 Å². The zero-order valence-electron chi connectivity index (χ0n) is 11.2. The zero-order chi connectivity index (χ0) is 12.4. The predicted octanol–water partition coefficient (Wildman–Crippen LogP) is 2.91. The molecule has 18 heavy (non-hydrogen) atoms. The normalized spacial score (nSPS) is 22.9. The molecule has 1 aromatic rings. The molecule has 2 N–H and O–H groups in total. The van der Waals surface area contributed by atoms with Crippen molar-refractivity contribution < 1.29 is 0 Å². The number of hydrogen-bond donors (Lipinski definition) is 1. The van der Waals surface area contributed by atoms with E-state index in [1.54, 1.807) is 0 Å². The van der Waals surface area contributed by atoms with Crippen LogP contribution in [0.4, 0.5) is 0 Å². The van der Waals surface area contributed by atoms with Gasteiger partial charge in [-0.05, 0) is 29.4 Å². The summed E-state index contributed by atoms with van der Waals surface area (Å²) >= 11 is 0. The molecule has 1 saturated carbocycles. The summed E-state index contributed by atoms with van der Waals surface area (Å²) in [4.78, 5) is 2.60. The highest BCUT2D eigenvalue weighted by atomic mass is 15.2. The van der Waals surface area contributed by atoms with E-state index in [0.29, 0.717) is 12.0 Å². The quantitative estimate of drug-likeness (QED) is 0.886. The van der Waals surface area contributed by atoms with Gasteiger partial charge in [0.05, 0.1) is 0 Å². The number of rotatable bonds is 3. The van der Waals surface area contributed by atoms with E-state index in [1.807, 2.05) is 0 Å². The van der Waals surface area contributed by atoms with E-state index in [0.717, 1.165) is 6.54 Å². The molecule has 98 valence electrons. The summed E-state index contributed by atoms with van der Waals surface area (Å²) in [7, 11) is 0. The van der Waals surface area contributed by atoms with Crippen LogP contribution in [0.3, 0.4) is 0 Å². The van der Waals surface area contributed by atoms with Gasteiger partial charge in [0.1, 0.15) is 0 Å². The summed E-state index contributed by atoms with van der Waals surface area (Å²) in [6.45, 7) is 4.40. The Hall–Kier alpha value is -0.860. The molecule has 0 bridgehead atoms. The van der Waals surface area contributed by atoms with Crippen molar-refractivity contribution in [1.82, 2.24) is 4.90 Å². The maximum Gasteiger partial charge on any atom is 0.0234 e. The molecular formula is C16H24N2. The first kappa shape index (κ1) is 12.2. The molecule has 0 aromatic heterocycles. The summed E-state index contributed by atoms with van der Waals surface area (Å²) < 4.78 is 0. The van der Waals surface area contributed by atoms with Gasteiger partial charge in [0, 0.05) is 26.2 Å². The van der Waals surface area contributed by atoms with Crippen LogP contribution in [0.2, 0.25) is 0 Å². The average Bonchev–Trinajstić information content (AvgIpc) is 2.38. The molecule has 0 amide bonds. The summed E-state index contributed by atoms with van der Waals surface area (Å²) in [6, 6.07) is 8.73. The third-order valence-electron chi connectivity index (χ3n) is 4.67. The first-order valence-electron chi connectivity index (χ1n) is 7.30. The lowest BCUT2D eigenvalue weighted by Gasteiger charge is -2.52. The lowest BCUT2D eigenvalue weighted by Crippen LogP contribution is -2.56. The van der Waals surface area contributed by atoms with Gasteiger partial charge < -0.3 is 5.73 Å². The van der Waals surface area contributed by atoms with E-state index >= 15 is 0 Å². The first-order chi connectivity index (χ1) is 8.80. The van der Waals surface area contributed by atoms with Gasteiger partial charge in [-0.25, -0.2) is 0 Å². The smallest absolute Gasteiger partial charge is 0.0234 e. The van der Waals surface area contributed by atoms with E-state index in [1.165, 1.54) is 56.3 Å².